The number of carbonyl (C=O) groups excluding carboxylic acids is 1. The fourth-order valence-electron chi connectivity index (χ4n) is 2.86. The van der Waals surface area contributed by atoms with Crippen molar-refractivity contribution in [3.63, 3.8) is 0 Å². The van der Waals surface area contributed by atoms with Gasteiger partial charge in [-0.25, -0.2) is 0 Å². The van der Waals surface area contributed by atoms with Crippen LogP contribution in [0.5, 0.6) is 11.5 Å². The minimum absolute atomic E-state index is 0.106. The minimum Gasteiger partial charge on any atom is -0.490 e. The number of benzene rings is 2. The molecule has 0 spiro atoms. The van der Waals surface area contributed by atoms with Crippen molar-refractivity contribution in [3.8, 4) is 11.5 Å². The van der Waals surface area contributed by atoms with E-state index in [9.17, 15) is 4.79 Å². The monoisotopic (exact) mass is 427 g/mol. The lowest BCUT2D eigenvalue weighted by atomic mass is 10.1. The molecule has 1 fully saturated rings. The number of amides is 1. The van der Waals surface area contributed by atoms with Crippen molar-refractivity contribution in [1.82, 2.24) is 0 Å². The molecule has 0 aromatic heterocycles. The number of rotatable bonds is 8. The molecule has 0 N–H and O–H groups in total. The van der Waals surface area contributed by atoms with E-state index in [0.29, 0.717) is 28.2 Å². The van der Waals surface area contributed by atoms with E-state index in [-0.39, 0.29) is 5.91 Å². The summed E-state index contributed by atoms with van der Waals surface area (Å²) in [6, 6.07) is 13.5. The lowest BCUT2D eigenvalue weighted by Crippen LogP contribution is -2.27. The Bertz CT molecular complexity index is 922. The van der Waals surface area contributed by atoms with Gasteiger partial charge in [0.15, 0.2) is 15.8 Å². The van der Waals surface area contributed by atoms with Crippen molar-refractivity contribution in [2.75, 3.05) is 18.1 Å². The number of anilines is 1. The number of aryl methyl sites for hydroxylation is 1. The van der Waals surface area contributed by atoms with Gasteiger partial charge in [0.25, 0.3) is 5.91 Å². The van der Waals surface area contributed by atoms with Gasteiger partial charge in [-0.05, 0) is 56.2 Å². The van der Waals surface area contributed by atoms with Crippen LogP contribution in [-0.2, 0) is 4.79 Å². The maximum atomic E-state index is 13.0. The highest BCUT2D eigenvalue weighted by Gasteiger charge is 2.33. The van der Waals surface area contributed by atoms with Crippen LogP contribution in [0, 0.1) is 6.92 Å². The lowest BCUT2D eigenvalue weighted by molar-refractivity contribution is -0.113. The van der Waals surface area contributed by atoms with Gasteiger partial charge in [0.2, 0.25) is 0 Å². The van der Waals surface area contributed by atoms with Crippen molar-refractivity contribution >= 4 is 46.0 Å². The first-order chi connectivity index (χ1) is 14.0. The van der Waals surface area contributed by atoms with Crippen molar-refractivity contribution in [1.29, 1.82) is 0 Å². The third kappa shape index (κ3) is 5.19. The van der Waals surface area contributed by atoms with E-state index in [1.165, 1.54) is 11.8 Å². The number of hydrogen-bond donors (Lipinski definition) is 0. The van der Waals surface area contributed by atoms with Gasteiger partial charge in [0.05, 0.1) is 23.8 Å². The zero-order chi connectivity index (χ0) is 20.8. The molecule has 152 valence electrons. The summed E-state index contributed by atoms with van der Waals surface area (Å²) in [5.41, 5.74) is 2.80. The SMILES string of the molecule is CCCCOc1ccc(/C=C2/SC(=S)N(c3ccc(C)cc3)C2=O)cc1OCC. The van der Waals surface area contributed by atoms with Gasteiger partial charge < -0.3 is 9.47 Å². The summed E-state index contributed by atoms with van der Waals surface area (Å²) in [5, 5.41) is 0. The molecule has 0 aliphatic carbocycles. The Hall–Kier alpha value is -2.31. The smallest absolute Gasteiger partial charge is 0.270 e. The van der Waals surface area contributed by atoms with Crippen molar-refractivity contribution in [2.45, 2.75) is 33.6 Å². The predicted octanol–water partition coefficient (Wildman–Crippen LogP) is 5.98. The van der Waals surface area contributed by atoms with Gasteiger partial charge >= 0.3 is 0 Å². The van der Waals surface area contributed by atoms with Crippen LogP contribution in [0.25, 0.3) is 6.08 Å². The Kier molecular flexibility index (Phi) is 7.34. The highest BCUT2D eigenvalue weighted by molar-refractivity contribution is 8.27. The average molecular weight is 428 g/mol. The van der Waals surface area contributed by atoms with Crippen LogP contribution < -0.4 is 14.4 Å². The number of unbranched alkanes of at least 4 members (excludes halogenated alkanes) is 1. The summed E-state index contributed by atoms with van der Waals surface area (Å²) in [5.74, 6) is 1.31. The second kappa shape index (κ2) is 9.94. The first-order valence-electron chi connectivity index (χ1n) is 9.77. The normalized spacial score (nSPS) is 15.3. The first-order valence-corrected chi connectivity index (χ1v) is 11.0. The zero-order valence-corrected chi connectivity index (χ0v) is 18.6. The van der Waals surface area contributed by atoms with E-state index in [0.717, 1.165) is 35.4 Å². The minimum atomic E-state index is -0.106. The average Bonchev–Trinajstić information content (AvgIpc) is 2.98. The summed E-state index contributed by atoms with van der Waals surface area (Å²) in [4.78, 5) is 15.1. The molecule has 2 aromatic carbocycles. The van der Waals surface area contributed by atoms with Crippen LogP contribution in [-0.4, -0.2) is 23.4 Å². The summed E-state index contributed by atoms with van der Waals surface area (Å²) < 4.78 is 12.1. The second-order valence-electron chi connectivity index (χ2n) is 6.69. The van der Waals surface area contributed by atoms with Gasteiger partial charge in [-0.2, -0.15) is 0 Å². The van der Waals surface area contributed by atoms with Crippen LogP contribution in [0.1, 0.15) is 37.8 Å². The van der Waals surface area contributed by atoms with E-state index < -0.39 is 0 Å². The van der Waals surface area contributed by atoms with Crippen LogP contribution in [0.2, 0.25) is 0 Å². The van der Waals surface area contributed by atoms with Gasteiger partial charge in [-0.15, -0.1) is 0 Å². The molecule has 4 nitrogen and oxygen atoms in total. The molecule has 0 atom stereocenters. The molecular weight excluding hydrogens is 402 g/mol. The number of thioether (sulfide) groups is 1. The summed E-state index contributed by atoms with van der Waals surface area (Å²) in [6.45, 7) is 7.28. The van der Waals surface area contributed by atoms with E-state index in [1.807, 2.05) is 62.4 Å². The standard InChI is InChI=1S/C23H25NO3S2/c1-4-6-13-27-19-12-9-17(14-20(19)26-5-2)15-21-22(25)24(23(28)29-21)18-10-7-16(3)8-11-18/h7-12,14-15H,4-6,13H2,1-3H3/b21-15+. The Labute approximate surface area is 181 Å². The summed E-state index contributed by atoms with van der Waals surface area (Å²) in [6.07, 6.45) is 3.92. The maximum Gasteiger partial charge on any atom is 0.270 e. The summed E-state index contributed by atoms with van der Waals surface area (Å²) >= 11 is 6.77. The van der Waals surface area contributed by atoms with E-state index in [2.05, 4.69) is 6.92 Å². The molecule has 0 saturated carbocycles. The van der Waals surface area contributed by atoms with Gasteiger partial charge in [-0.1, -0.05) is 61.1 Å². The van der Waals surface area contributed by atoms with E-state index in [4.69, 9.17) is 21.7 Å². The molecular formula is C23H25NO3S2. The fourth-order valence-corrected chi connectivity index (χ4v) is 4.16. The third-order valence-corrected chi connectivity index (χ3v) is 5.71. The fraction of sp³-hybridized carbons (Fsp3) is 0.304. The Balaban J connectivity index is 1.83. The van der Waals surface area contributed by atoms with Crippen LogP contribution >= 0.6 is 24.0 Å². The number of ether oxygens (including phenoxy) is 2. The molecule has 29 heavy (non-hydrogen) atoms. The summed E-state index contributed by atoms with van der Waals surface area (Å²) in [7, 11) is 0. The number of carbonyl (C=O) groups is 1. The highest BCUT2D eigenvalue weighted by Crippen LogP contribution is 2.37. The number of thiocarbonyl (C=S) groups is 1. The van der Waals surface area contributed by atoms with Crippen molar-refractivity contribution < 1.29 is 14.3 Å². The Morgan fingerprint density at radius 1 is 1.07 bits per heavy atom. The molecule has 1 aliphatic rings. The Morgan fingerprint density at radius 2 is 1.83 bits per heavy atom. The van der Waals surface area contributed by atoms with Crippen molar-refractivity contribution in [3.05, 3.63) is 58.5 Å². The van der Waals surface area contributed by atoms with Gasteiger partial charge in [0.1, 0.15) is 0 Å². The molecule has 0 bridgehead atoms. The Morgan fingerprint density at radius 3 is 2.52 bits per heavy atom. The van der Waals surface area contributed by atoms with Crippen LogP contribution in [0.15, 0.2) is 47.4 Å². The van der Waals surface area contributed by atoms with E-state index in [1.54, 1.807) is 4.90 Å². The predicted molar refractivity (Wildman–Crippen MR) is 125 cm³/mol. The van der Waals surface area contributed by atoms with Gasteiger partial charge in [-0.3, -0.25) is 9.69 Å². The molecule has 1 saturated heterocycles. The molecule has 0 radical (unpaired) electrons. The lowest BCUT2D eigenvalue weighted by Gasteiger charge is -2.14. The third-order valence-electron chi connectivity index (χ3n) is 4.41. The molecule has 1 amide bonds. The highest BCUT2D eigenvalue weighted by atomic mass is 32.2. The molecule has 6 heteroatoms. The molecule has 3 rings (SSSR count). The molecule has 1 aliphatic heterocycles. The van der Waals surface area contributed by atoms with Gasteiger partial charge in [0, 0.05) is 0 Å². The zero-order valence-electron chi connectivity index (χ0n) is 16.9. The van der Waals surface area contributed by atoms with Crippen LogP contribution in [0.3, 0.4) is 0 Å². The molecule has 1 heterocycles. The maximum absolute atomic E-state index is 13.0. The first kappa shape index (κ1) is 21.4. The molecule has 2 aromatic rings. The van der Waals surface area contributed by atoms with Crippen molar-refractivity contribution in [2.24, 2.45) is 0 Å². The number of nitrogens with zero attached hydrogens (tertiary/aromatic N) is 1. The van der Waals surface area contributed by atoms with E-state index >= 15 is 0 Å². The quantitative estimate of drug-likeness (QED) is 0.294. The largest absolute Gasteiger partial charge is 0.490 e. The second-order valence-corrected chi connectivity index (χ2v) is 8.37. The molecule has 0 unspecified atom stereocenters. The van der Waals surface area contributed by atoms with Crippen LogP contribution in [0.4, 0.5) is 5.69 Å². The topological polar surface area (TPSA) is 38.8 Å². The number of hydrogen-bond acceptors (Lipinski definition) is 5.